The molecule has 1 aromatic rings. The number of rotatable bonds is 2. The maximum atomic E-state index is 6.01. The third-order valence-electron chi connectivity index (χ3n) is 2.53. The van der Waals surface area contributed by atoms with Gasteiger partial charge in [-0.3, -0.25) is 4.68 Å². The van der Waals surface area contributed by atoms with Gasteiger partial charge in [0.15, 0.2) is 0 Å². The Labute approximate surface area is 96.6 Å². The highest BCUT2D eigenvalue weighted by Crippen LogP contribution is 2.33. The highest BCUT2D eigenvalue weighted by atomic mass is 35.5. The fourth-order valence-corrected chi connectivity index (χ4v) is 2.17. The normalized spacial score (nSPS) is 16.5. The summed E-state index contributed by atoms with van der Waals surface area (Å²) in [5.74, 6) is 0. The number of hydrogen-bond donors (Lipinski definition) is 1. The molecule has 0 radical (unpaired) electrons. The SMILES string of the molecule is Cc1nn(C(C(C)N)C(C)(C)C)cc1Cl. The van der Waals surface area contributed by atoms with Crippen LogP contribution in [0.1, 0.15) is 39.4 Å². The fourth-order valence-electron chi connectivity index (χ4n) is 2.03. The Morgan fingerprint density at radius 3 is 2.27 bits per heavy atom. The van der Waals surface area contributed by atoms with Crippen LogP contribution in [0, 0.1) is 12.3 Å². The molecule has 2 N–H and O–H groups in total. The van der Waals surface area contributed by atoms with Gasteiger partial charge in [0.25, 0.3) is 0 Å². The zero-order valence-electron chi connectivity index (χ0n) is 10.1. The van der Waals surface area contributed by atoms with Crippen LogP contribution >= 0.6 is 11.6 Å². The molecule has 15 heavy (non-hydrogen) atoms. The molecule has 0 aliphatic carbocycles. The van der Waals surface area contributed by atoms with Gasteiger partial charge in [-0.15, -0.1) is 0 Å². The fraction of sp³-hybridized carbons (Fsp3) is 0.727. The van der Waals surface area contributed by atoms with E-state index in [1.165, 1.54) is 0 Å². The smallest absolute Gasteiger partial charge is 0.0815 e. The van der Waals surface area contributed by atoms with Crippen LogP contribution < -0.4 is 5.73 Å². The van der Waals surface area contributed by atoms with Gasteiger partial charge in [-0.1, -0.05) is 32.4 Å². The average molecular weight is 230 g/mol. The standard InChI is InChI=1S/C11H20ClN3/c1-7(13)10(11(3,4)5)15-6-9(12)8(2)14-15/h6-7,10H,13H2,1-5H3. The van der Waals surface area contributed by atoms with Crippen LogP contribution in [0.5, 0.6) is 0 Å². The maximum Gasteiger partial charge on any atom is 0.0815 e. The molecule has 0 spiro atoms. The van der Waals surface area contributed by atoms with E-state index in [0.29, 0.717) is 5.02 Å². The Morgan fingerprint density at radius 2 is 2.00 bits per heavy atom. The Balaban J connectivity index is 3.11. The number of hydrogen-bond acceptors (Lipinski definition) is 2. The van der Waals surface area contributed by atoms with Gasteiger partial charge >= 0.3 is 0 Å². The second kappa shape index (κ2) is 4.14. The lowest BCUT2D eigenvalue weighted by Crippen LogP contribution is -2.38. The van der Waals surface area contributed by atoms with Gasteiger partial charge in [-0.05, 0) is 19.3 Å². The third-order valence-corrected chi connectivity index (χ3v) is 2.90. The van der Waals surface area contributed by atoms with Gasteiger partial charge < -0.3 is 5.73 Å². The summed E-state index contributed by atoms with van der Waals surface area (Å²) >= 11 is 6.00. The number of halogens is 1. The predicted molar refractivity (Wildman–Crippen MR) is 64.1 cm³/mol. The van der Waals surface area contributed by atoms with Gasteiger partial charge in [-0.25, -0.2) is 0 Å². The molecular formula is C11H20ClN3. The zero-order valence-corrected chi connectivity index (χ0v) is 10.8. The topological polar surface area (TPSA) is 43.8 Å². The van der Waals surface area contributed by atoms with E-state index in [0.717, 1.165) is 5.69 Å². The molecule has 2 unspecified atom stereocenters. The summed E-state index contributed by atoms with van der Waals surface area (Å²) in [5, 5.41) is 5.10. The van der Waals surface area contributed by atoms with Crippen molar-refractivity contribution in [2.75, 3.05) is 0 Å². The summed E-state index contributed by atoms with van der Waals surface area (Å²) in [6, 6.07) is 0.198. The summed E-state index contributed by atoms with van der Waals surface area (Å²) in [6.45, 7) is 10.4. The second-order valence-electron chi connectivity index (χ2n) is 5.21. The molecule has 1 aromatic heterocycles. The zero-order chi connectivity index (χ0) is 11.8. The second-order valence-corrected chi connectivity index (χ2v) is 5.62. The molecule has 2 atom stereocenters. The Morgan fingerprint density at radius 1 is 1.47 bits per heavy atom. The molecule has 86 valence electrons. The average Bonchev–Trinajstić information content (AvgIpc) is 2.27. The van der Waals surface area contributed by atoms with Gasteiger partial charge in [0.05, 0.1) is 16.8 Å². The highest BCUT2D eigenvalue weighted by Gasteiger charge is 2.30. The Hall–Kier alpha value is -0.540. The molecule has 0 saturated carbocycles. The van der Waals surface area contributed by atoms with E-state index in [1.807, 2.05) is 24.7 Å². The van der Waals surface area contributed by atoms with Crippen molar-refractivity contribution < 1.29 is 0 Å². The summed E-state index contributed by atoms with van der Waals surface area (Å²) in [7, 11) is 0. The monoisotopic (exact) mass is 229 g/mol. The van der Waals surface area contributed by atoms with Crippen LogP contribution in [0.4, 0.5) is 0 Å². The molecule has 4 heteroatoms. The van der Waals surface area contributed by atoms with Crippen molar-refractivity contribution in [3.8, 4) is 0 Å². The molecule has 0 amide bonds. The van der Waals surface area contributed by atoms with Gasteiger partial charge in [0, 0.05) is 12.2 Å². The summed E-state index contributed by atoms with van der Waals surface area (Å²) < 4.78 is 1.89. The van der Waals surface area contributed by atoms with E-state index in [4.69, 9.17) is 17.3 Å². The van der Waals surface area contributed by atoms with E-state index < -0.39 is 0 Å². The molecule has 0 aliphatic rings. The van der Waals surface area contributed by atoms with Gasteiger partial charge in [-0.2, -0.15) is 5.10 Å². The van der Waals surface area contributed by atoms with Crippen molar-refractivity contribution in [1.82, 2.24) is 9.78 Å². The van der Waals surface area contributed by atoms with Crippen molar-refractivity contribution in [2.24, 2.45) is 11.1 Å². The quantitative estimate of drug-likeness (QED) is 0.848. The van der Waals surface area contributed by atoms with Crippen LogP contribution in [0.25, 0.3) is 0 Å². The molecule has 0 aromatic carbocycles. The first-order valence-corrected chi connectivity index (χ1v) is 5.58. The molecule has 0 aliphatic heterocycles. The van der Waals surface area contributed by atoms with Crippen molar-refractivity contribution in [2.45, 2.75) is 46.7 Å². The molecule has 0 fully saturated rings. The maximum absolute atomic E-state index is 6.01. The van der Waals surface area contributed by atoms with Crippen molar-refractivity contribution in [1.29, 1.82) is 0 Å². The molecule has 1 rings (SSSR count). The number of nitrogens with zero attached hydrogens (tertiary/aromatic N) is 2. The Kier molecular flexibility index (Phi) is 3.46. The van der Waals surface area contributed by atoms with Crippen LogP contribution in [-0.4, -0.2) is 15.8 Å². The van der Waals surface area contributed by atoms with E-state index in [-0.39, 0.29) is 17.5 Å². The number of nitrogens with two attached hydrogens (primary N) is 1. The van der Waals surface area contributed by atoms with Crippen molar-refractivity contribution >= 4 is 11.6 Å². The molecule has 0 saturated heterocycles. The highest BCUT2D eigenvalue weighted by molar-refractivity contribution is 6.31. The largest absolute Gasteiger partial charge is 0.326 e. The van der Waals surface area contributed by atoms with Crippen LogP contribution in [-0.2, 0) is 0 Å². The van der Waals surface area contributed by atoms with Crippen LogP contribution in [0.2, 0.25) is 5.02 Å². The van der Waals surface area contributed by atoms with Crippen molar-refractivity contribution in [3.05, 3.63) is 16.9 Å². The lowest BCUT2D eigenvalue weighted by Gasteiger charge is -2.33. The van der Waals surface area contributed by atoms with Crippen LogP contribution in [0.15, 0.2) is 6.20 Å². The number of aryl methyl sites for hydroxylation is 1. The third kappa shape index (κ3) is 2.73. The minimum atomic E-state index is 0.0420. The Bertz CT molecular complexity index is 317. The first-order valence-electron chi connectivity index (χ1n) is 5.20. The minimum absolute atomic E-state index is 0.0420. The molecular weight excluding hydrogens is 210 g/mol. The predicted octanol–water partition coefficient (Wildman–Crippen LogP) is 2.78. The first-order chi connectivity index (χ1) is 6.73. The summed E-state index contributed by atoms with van der Waals surface area (Å²) in [5.41, 5.74) is 6.93. The lowest BCUT2D eigenvalue weighted by atomic mass is 9.83. The molecule has 0 bridgehead atoms. The van der Waals surface area contributed by atoms with E-state index >= 15 is 0 Å². The number of aromatic nitrogens is 2. The molecule has 3 nitrogen and oxygen atoms in total. The minimum Gasteiger partial charge on any atom is -0.326 e. The van der Waals surface area contributed by atoms with Gasteiger partial charge in [0.1, 0.15) is 0 Å². The summed E-state index contributed by atoms with van der Waals surface area (Å²) in [6.07, 6.45) is 1.86. The first kappa shape index (κ1) is 12.5. The van der Waals surface area contributed by atoms with E-state index in [9.17, 15) is 0 Å². The van der Waals surface area contributed by atoms with Crippen molar-refractivity contribution in [3.63, 3.8) is 0 Å². The van der Waals surface area contributed by atoms with E-state index in [1.54, 1.807) is 0 Å². The molecule has 1 heterocycles. The lowest BCUT2D eigenvalue weighted by molar-refractivity contribution is 0.196. The van der Waals surface area contributed by atoms with Crippen LogP contribution in [0.3, 0.4) is 0 Å². The van der Waals surface area contributed by atoms with Gasteiger partial charge in [0.2, 0.25) is 0 Å². The summed E-state index contributed by atoms with van der Waals surface area (Å²) in [4.78, 5) is 0. The van der Waals surface area contributed by atoms with E-state index in [2.05, 4.69) is 25.9 Å².